The SMILES string of the molecule is C[C@@H](NC(O)c1ncnc(C#CCCCO)c1Cl)c1cc(-c2nc3nc(C4(C)CC4)ccc3[nH]2)no1. The van der Waals surface area contributed by atoms with Crippen LogP contribution in [0, 0.1) is 11.8 Å². The Morgan fingerprint density at radius 2 is 2.11 bits per heavy atom. The van der Waals surface area contributed by atoms with E-state index in [9.17, 15) is 5.11 Å². The average molecular weight is 508 g/mol. The predicted octanol–water partition coefficient (Wildman–Crippen LogP) is 3.57. The number of nitrogens with zero attached hydrogens (tertiary/aromatic N) is 5. The van der Waals surface area contributed by atoms with E-state index < -0.39 is 12.3 Å². The molecule has 4 aromatic rings. The zero-order valence-electron chi connectivity index (χ0n) is 19.9. The molecular weight excluding hydrogens is 482 g/mol. The maximum Gasteiger partial charge on any atom is 0.178 e. The summed E-state index contributed by atoms with van der Waals surface area (Å²) < 4.78 is 5.52. The first-order chi connectivity index (χ1) is 17.4. The van der Waals surface area contributed by atoms with Gasteiger partial charge in [-0.05, 0) is 44.2 Å². The van der Waals surface area contributed by atoms with Gasteiger partial charge in [0.15, 0.2) is 17.2 Å². The van der Waals surface area contributed by atoms with Crippen molar-refractivity contribution in [1.82, 2.24) is 35.4 Å². The highest BCUT2D eigenvalue weighted by molar-refractivity contribution is 6.32. The van der Waals surface area contributed by atoms with Gasteiger partial charge in [-0.25, -0.2) is 19.9 Å². The normalized spacial score (nSPS) is 15.9. The number of aliphatic hydroxyl groups is 2. The van der Waals surface area contributed by atoms with Gasteiger partial charge >= 0.3 is 0 Å². The summed E-state index contributed by atoms with van der Waals surface area (Å²) in [5, 5.41) is 26.9. The topological polar surface area (TPSA) is 146 Å². The highest BCUT2D eigenvalue weighted by atomic mass is 35.5. The van der Waals surface area contributed by atoms with Crippen LogP contribution < -0.4 is 5.32 Å². The quantitative estimate of drug-likeness (QED) is 0.160. The number of unbranched alkanes of at least 4 members (excludes halogenated alkanes) is 1. The molecule has 1 fully saturated rings. The molecule has 1 aliphatic carbocycles. The number of nitrogens with one attached hydrogen (secondary N) is 2. The molecule has 0 saturated heterocycles. The summed E-state index contributed by atoms with van der Waals surface area (Å²) >= 11 is 6.38. The number of pyridine rings is 1. The third-order valence-corrected chi connectivity index (χ3v) is 6.68. The highest BCUT2D eigenvalue weighted by Crippen LogP contribution is 2.46. The highest BCUT2D eigenvalue weighted by Gasteiger charge is 2.40. The first-order valence-electron chi connectivity index (χ1n) is 11.8. The smallest absolute Gasteiger partial charge is 0.178 e. The average Bonchev–Trinajstić information content (AvgIpc) is 3.27. The molecule has 186 valence electrons. The molecule has 36 heavy (non-hydrogen) atoms. The second-order valence-corrected chi connectivity index (χ2v) is 9.55. The Morgan fingerprint density at radius 1 is 1.28 bits per heavy atom. The lowest BCUT2D eigenvalue weighted by Gasteiger charge is -2.17. The van der Waals surface area contributed by atoms with Crippen LogP contribution in [0.2, 0.25) is 5.02 Å². The molecule has 5 rings (SSSR count). The Bertz CT molecular complexity index is 1450. The van der Waals surface area contributed by atoms with Crippen LogP contribution in [0.3, 0.4) is 0 Å². The summed E-state index contributed by atoms with van der Waals surface area (Å²) in [5.74, 6) is 6.80. The van der Waals surface area contributed by atoms with Crippen molar-refractivity contribution in [3.63, 3.8) is 0 Å². The van der Waals surface area contributed by atoms with Gasteiger partial charge in [0, 0.05) is 30.2 Å². The van der Waals surface area contributed by atoms with Crippen molar-refractivity contribution in [2.24, 2.45) is 0 Å². The minimum absolute atomic E-state index is 0.0644. The zero-order chi connectivity index (χ0) is 25.3. The molecule has 2 atom stereocenters. The maximum absolute atomic E-state index is 10.7. The largest absolute Gasteiger partial charge is 0.396 e. The number of hydrogen-bond acceptors (Lipinski definition) is 9. The van der Waals surface area contributed by atoms with E-state index in [-0.39, 0.29) is 22.7 Å². The van der Waals surface area contributed by atoms with Crippen LogP contribution in [0.25, 0.3) is 22.7 Å². The molecule has 0 bridgehead atoms. The number of hydrogen-bond donors (Lipinski definition) is 4. The summed E-state index contributed by atoms with van der Waals surface area (Å²) in [5.41, 5.74) is 3.75. The summed E-state index contributed by atoms with van der Waals surface area (Å²) in [6.45, 7) is 4.10. The number of aromatic nitrogens is 6. The number of halogens is 1. The number of fused-ring (bicyclic) bond motifs is 1. The van der Waals surface area contributed by atoms with Crippen LogP contribution in [-0.2, 0) is 5.41 Å². The molecule has 1 aliphatic rings. The third kappa shape index (κ3) is 4.96. The number of rotatable bonds is 8. The molecule has 4 heterocycles. The lowest BCUT2D eigenvalue weighted by molar-refractivity contribution is 0.115. The summed E-state index contributed by atoms with van der Waals surface area (Å²) in [6, 6.07) is 5.37. The minimum Gasteiger partial charge on any atom is -0.396 e. The molecule has 0 aliphatic heterocycles. The Hall–Kier alpha value is -3.36. The zero-order valence-corrected chi connectivity index (χ0v) is 20.7. The number of aromatic amines is 1. The maximum atomic E-state index is 10.7. The van der Waals surface area contributed by atoms with Crippen molar-refractivity contribution in [3.8, 4) is 23.4 Å². The number of H-pyrrole nitrogens is 1. The molecule has 0 amide bonds. The van der Waals surface area contributed by atoms with Gasteiger partial charge in [0.2, 0.25) is 0 Å². The van der Waals surface area contributed by atoms with Crippen molar-refractivity contribution < 1.29 is 14.7 Å². The Balaban J connectivity index is 1.29. The molecule has 0 aromatic carbocycles. The Labute approximate surface area is 212 Å². The minimum atomic E-state index is -1.19. The second-order valence-electron chi connectivity index (χ2n) is 9.17. The Kier molecular flexibility index (Phi) is 6.73. The van der Waals surface area contributed by atoms with E-state index in [2.05, 4.69) is 49.2 Å². The summed E-state index contributed by atoms with van der Waals surface area (Å²) in [4.78, 5) is 20.7. The first-order valence-corrected chi connectivity index (χ1v) is 12.1. The van der Waals surface area contributed by atoms with Gasteiger partial charge in [0.25, 0.3) is 0 Å². The van der Waals surface area contributed by atoms with Crippen LogP contribution in [-0.4, -0.2) is 46.9 Å². The van der Waals surface area contributed by atoms with E-state index in [1.807, 2.05) is 19.1 Å². The van der Waals surface area contributed by atoms with Crippen molar-refractivity contribution >= 4 is 22.8 Å². The monoisotopic (exact) mass is 507 g/mol. The predicted molar refractivity (Wildman–Crippen MR) is 133 cm³/mol. The molecule has 10 nitrogen and oxygen atoms in total. The van der Waals surface area contributed by atoms with E-state index >= 15 is 0 Å². The van der Waals surface area contributed by atoms with Gasteiger partial charge in [0.05, 0.1) is 11.6 Å². The molecular formula is C25H26ClN7O3. The van der Waals surface area contributed by atoms with Gasteiger partial charge in [-0.15, -0.1) is 0 Å². The molecule has 11 heteroatoms. The molecule has 4 N–H and O–H groups in total. The molecule has 1 unspecified atom stereocenters. The fourth-order valence-electron chi connectivity index (χ4n) is 3.77. The van der Waals surface area contributed by atoms with Gasteiger partial charge in [-0.1, -0.05) is 29.6 Å². The van der Waals surface area contributed by atoms with E-state index in [0.717, 1.165) is 24.1 Å². The van der Waals surface area contributed by atoms with Crippen LogP contribution in [0.4, 0.5) is 0 Å². The van der Waals surface area contributed by atoms with Crippen molar-refractivity contribution in [3.05, 3.63) is 52.4 Å². The number of imidazole rings is 1. The van der Waals surface area contributed by atoms with Crippen LogP contribution >= 0.6 is 11.6 Å². The van der Waals surface area contributed by atoms with E-state index in [1.165, 1.54) is 6.33 Å². The lowest BCUT2D eigenvalue weighted by Crippen LogP contribution is -2.25. The van der Waals surface area contributed by atoms with Crippen LogP contribution in [0.1, 0.15) is 74.6 Å². The van der Waals surface area contributed by atoms with Crippen molar-refractivity contribution in [2.75, 3.05) is 6.61 Å². The summed E-state index contributed by atoms with van der Waals surface area (Å²) in [6.07, 6.45) is 3.47. The lowest BCUT2D eigenvalue weighted by atomic mass is 10.1. The van der Waals surface area contributed by atoms with Crippen molar-refractivity contribution in [1.29, 1.82) is 0 Å². The van der Waals surface area contributed by atoms with E-state index in [1.54, 1.807) is 6.07 Å². The fourth-order valence-corrected chi connectivity index (χ4v) is 4.02. The van der Waals surface area contributed by atoms with Crippen LogP contribution in [0.5, 0.6) is 0 Å². The molecule has 1 saturated carbocycles. The van der Waals surface area contributed by atoms with E-state index in [4.69, 9.17) is 26.2 Å². The van der Waals surface area contributed by atoms with Gasteiger partial charge in [-0.3, -0.25) is 5.32 Å². The standard InChI is InChI=1S/C25H26ClN7O3/c1-14(29-24(35)21-20(26)15(27-13-28-21)6-4-3-5-11-34)18-12-17(33-36-18)23-30-16-7-8-19(25(2)9-10-25)31-22(16)32-23/h7-8,12-14,24,29,34-35H,3,5,9-11H2,1-2H3,(H,30,31,32)/t14-,24?/m1/s1. The van der Waals surface area contributed by atoms with E-state index in [0.29, 0.717) is 41.5 Å². The van der Waals surface area contributed by atoms with Gasteiger partial charge in [-0.2, -0.15) is 0 Å². The first kappa shape index (κ1) is 24.3. The van der Waals surface area contributed by atoms with Crippen LogP contribution in [0.15, 0.2) is 29.0 Å². The van der Waals surface area contributed by atoms with Crippen molar-refractivity contribution in [2.45, 2.75) is 57.2 Å². The molecule has 0 radical (unpaired) electrons. The fraction of sp³-hybridized carbons (Fsp3) is 0.400. The Morgan fingerprint density at radius 3 is 2.89 bits per heavy atom. The summed E-state index contributed by atoms with van der Waals surface area (Å²) in [7, 11) is 0. The molecule has 4 aromatic heterocycles. The number of aliphatic hydroxyl groups excluding tert-OH is 2. The van der Waals surface area contributed by atoms with Gasteiger partial charge in [0.1, 0.15) is 34.7 Å². The molecule has 0 spiro atoms. The second kappa shape index (κ2) is 9.95. The third-order valence-electron chi connectivity index (χ3n) is 6.31. The van der Waals surface area contributed by atoms with Gasteiger partial charge < -0.3 is 19.7 Å².